The largest absolute Gasteiger partial charge is 0.325 e. The standard InChI is InChI=1S/C18H22N2O3S/c1-14-8-4-6-10-16(14)12-20(24(3,22)23)13-18(21)19-17-11-7-5-9-15(17)2/h4-11H,12-13H2,1-3H3,(H,19,21). The SMILES string of the molecule is Cc1ccccc1CN(CC(=O)Nc1ccccc1C)S(C)(=O)=O. The van der Waals surface area contributed by atoms with Gasteiger partial charge in [-0.3, -0.25) is 4.79 Å². The summed E-state index contributed by atoms with van der Waals surface area (Å²) < 4.78 is 25.3. The molecule has 0 atom stereocenters. The lowest BCUT2D eigenvalue weighted by molar-refractivity contribution is -0.116. The Bertz CT molecular complexity index is 832. The van der Waals surface area contributed by atoms with Gasteiger partial charge < -0.3 is 5.32 Å². The Morgan fingerprint density at radius 1 is 1.00 bits per heavy atom. The van der Waals surface area contributed by atoms with Gasteiger partial charge in [0, 0.05) is 12.2 Å². The lowest BCUT2D eigenvalue weighted by atomic mass is 10.1. The summed E-state index contributed by atoms with van der Waals surface area (Å²) in [6.07, 6.45) is 1.12. The van der Waals surface area contributed by atoms with Crippen LogP contribution in [0.3, 0.4) is 0 Å². The summed E-state index contributed by atoms with van der Waals surface area (Å²) in [6, 6.07) is 14.9. The van der Waals surface area contributed by atoms with E-state index in [1.807, 2.05) is 56.3 Å². The van der Waals surface area contributed by atoms with Gasteiger partial charge in [-0.15, -0.1) is 0 Å². The van der Waals surface area contributed by atoms with Gasteiger partial charge in [0.15, 0.2) is 0 Å². The normalized spacial score (nSPS) is 11.5. The molecule has 1 amide bonds. The van der Waals surface area contributed by atoms with Crippen LogP contribution in [0.25, 0.3) is 0 Å². The number of nitrogens with zero attached hydrogens (tertiary/aromatic N) is 1. The maximum Gasteiger partial charge on any atom is 0.239 e. The van der Waals surface area contributed by atoms with Crippen LogP contribution in [0.4, 0.5) is 5.69 Å². The Morgan fingerprint density at radius 3 is 2.17 bits per heavy atom. The van der Waals surface area contributed by atoms with Crippen LogP contribution >= 0.6 is 0 Å². The third-order valence-corrected chi connectivity index (χ3v) is 5.01. The fourth-order valence-electron chi connectivity index (χ4n) is 2.33. The van der Waals surface area contributed by atoms with Crippen molar-refractivity contribution in [2.24, 2.45) is 0 Å². The van der Waals surface area contributed by atoms with E-state index in [1.165, 1.54) is 4.31 Å². The Hall–Kier alpha value is -2.18. The van der Waals surface area contributed by atoms with E-state index in [9.17, 15) is 13.2 Å². The van der Waals surface area contributed by atoms with Gasteiger partial charge in [0.25, 0.3) is 0 Å². The third kappa shape index (κ3) is 4.91. The average molecular weight is 346 g/mol. The number of rotatable bonds is 6. The molecule has 0 unspecified atom stereocenters. The molecule has 0 aliphatic rings. The molecule has 0 bridgehead atoms. The number of nitrogens with one attached hydrogen (secondary N) is 1. The highest BCUT2D eigenvalue weighted by Gasteiger charge is 2.21. The van der Waals surface area contributed by atoms with Gasteiger partial charge in [-0.1, -0.05) is 42.5 Å². The van der Waals surface area contributed by atoms with E-state index in [2.05, 4.69) is 5.32 Å². The summed E-state index contributed by atoms with van der Waals surface area (Å²) in [6.45, 7) is 3.76. The zero-order chi connectivity index (χ0) is 17.7. The first-order chi connectivity index (χ1) is 11.3. The van der Waals surface area contributed by atoms with E-state index in [4.69, 9.17) is 0 Å². The Balaban J connectivity index is 2.14. The van der Waals surface area contributed by atoms with Gasteiger partial charge in [0.1, 0.15) is 0 Å². The van der Waals surface area contributed by atoms with Crippen LogP contribution in [0.1, 0.15) is 16.7 Å². The summed E-state index contributed by atoms with van der Waals surface area (Å²) in [4.78, 5) is 12.3. The average Bonchev–Trinajstić information content (AvgIpc) is 2.50. The number of anilines is 1. The van der Waals surface area contributed by atoms with E-state index in [0.29, 0.717) is 5.69 Å². The molecule has 2 aromatic carbocycles. The number of benzene rings is 2. The highest BCUT2D eigenvalue weighted by molar-refractivity contribution is 7.88. The minimum atomic E-state index is -3.50. The maximum absolute atomic E-state index is 12.3. The van der Waals surface area contributed by atoms with Gasteiger partial charge in [-0.05, 0) is 36.6 Å². The quantitative estimate of drug-likeness (QED) is 0.874. The van der Waals surface area contributed by atoms with Crippen molar-refractivity contribution < 1.29 is 13.2 Å². The Kier molecular flexibility index (Phi) is 5.75. The van der Waals surface area contributed by atoms with E-state index >= 15 is 0 Å². The molecule has 0 heterocycles. The van der Waals surface area contributed by atoms with Gasteiger partial charge in [-0.25, -0.2) is 8.42 Å². The molecular weight excluding hydrogens is 324 g/mol. The zero-order valence-corrected chi connectivity index (χ0v) is 14.9. The summed E-state index contributed by atoms with van der Waals surface area (Å²) in [5.74, 6) is -0.358. The Labute approximate surface area is 143 Å². The van der Waals surface area contributed by atoms with Crippen LogP contribution in [0, 0.1) is 13.8 Å². The molecule has 0 saturated heterocycles. The first-order valence-electron chi connectivity index (χ1n) is 7.62. The van der Waals surface area contributed by atoms with Crippen molar-refractivity contribution in [3.05, 3.63) is 65.2 Å². The van der Waals surface area contributed by atoms with Crippen LogP contribution in [-0.4, -0.2) is 31.4 Å². The minimum absolute atomic E-state index is 0.173. The molecule has 1 N–H and O–H groups in total. The second-order valence-electron chi connectivity index (χ2n) is 5.82. The van der Waals surface area contributed by atoms with Gasteiger partial charge >= 0.3 is 0 Å². The van der Waals surface area contributed by atoms with Gasteiger partial charge in [0.05, 0.1) is 12.8 Å². The number of hydrogen-bond donors (Lipinski definition) is 1. The monoisotopic (exact) mass is 346 g/mol. The number of hydrogen-bond acceptors (Lipinski definition) is 3. The molecule has 0 fully saturated rings. The molecule has 24 heavy (non-hydrogen) atoms. The van der Waals surface area contributed by atoms with E-state index in [-0.39, 0.29) is 19.0 Å². The maximum atomic E-state index is 12.3. The van der Waals surface area contributed by atoms with Gasteiger partial charge in [-0.2, -0.15) is 4.31 Å². The van der Waals surface area contributed by atoms with Crippen molar-refractivity contribution in [3.8, 4) is 0 Å². The minimum Gasteiger partial charge on any atom is -0.325 e. The lowest BCUT2D eigenvalue weighted by Crippen LogP contribution is -2.37. The fraction of sp³-hybridized carbons (Fsp3) is 0.278. The summed E-state index contributed by atoms with van der Waals surface area (Å²) in [7, 11) is -3.50. The molecule has 128 valence electrons. The second-order valence-corrected chi connectivity index (χ2v) is 7.80. The van der Waals surface area contributed by atoms with Crippen LogP contribution < -0.4 is 5.32 Å². The van der Waals surface area contributed by atoms with Gasteiger partial charge in [0.2, 0.25) is 15.9 Å². The first kappa shape index (κ1) is 18.2. The second kappa shape index (κ2) is 7.59. The number of carbonyl (C=O) groups is 1. The van der Waals surface area contributed by atoms with Crippen molar-refractivity contribution in [1.29, 1.82) is 0 Å². The summed E-state index contributed by atoms with van der Waals surface area (Å²) in [5.41, 5.74) is 3.49. The van der Waals surface area contributed by atoms with Crippen molar-refractivity contribution >= 4 is 21.6 Å². The highest BCUT2D eigenvalue weighted by atomic mass is 32.2. The molecule has 2 aromatic rings. The summed E-state index contributed by atoms with van der Waals surface area (Å²) >= 11 is 0. The molecule has 0 aliphatic heterocycles. The van der Waals surface area contributed by atoms with Crippen molar-refractivity contribution in [2.45, 2.75) is 20.4 Å². The lowest BCUT2D eigenvalue weighted by Gasteiger charge is -2.21. The molecule has 0 spiro atoms. The summed E-state index contributed by atoms with van der Waals surface area (Å²) in [5, 5.41) is 2.77. The van der Waals surface area contributed by atoms with Crippen LogP contribution in [-0.2, 0) is 21.4 Å². The van der Waals surface area contributed by atoms with E-state index in [1.54, 1.807) is 6.07 Å². The third-order valence-electron chi connectivity index (χ3n) is 3.82. The van der Waals surface area contributed by atoms with Crippen LogP contribution in [0.2, 0.25) is 0 Å². The molecule has 2 rings (SSSR count). The fourth-order valence-corrected chi connectivity index (χ4v) is 3.06. The van der Waals surface area contributed by atoms with E-state index in [0.717, 1.165) is 22.9 Å². The van der Waals surface area contributed by atoms with Crippen LogP contribution in [0.15, 0.2) is 48.5 Å². The Morgan fingerprint density at radius 2 is 1.58 bits per heavy atom. The predicted octanol–water partition coefficient (Wildman–Crippen LogP) is 2.70. The van der Waals surface area contributed by atoms with Crippen molar-refractivity contribution in [3.63, 3.8) is 0 Å². The first-order valence-corrected chi connectivity index (χ1v) is 9.47. The molecule has 0 aromatic heterocycles. The number of para-hydroxylation sites is 1. The number of amides is 1. The number of aryl methyl sites for hydroxylation is 2. The predicted molar refractivity (Wildman–Crippen MR) is 96.2 cm³/mol. The molecule has 0 aliphatic carbocycles. The number of carbonyl (C=O) groups excluding carboxylic acids is 1. The zero-order valence-electron chi connectivity index (χ0n) is 14.1. The topological polar surface area (TPSA) is 66.5 Å². The smallest absolute Gasteiger partial charge is 0.239 e. The number of sulfonamides is 1. The van der Waals surface area contributed by atoms with Crippen LogP contribution in [0.5, 0.6) is 0 Å². The molecule has 6 heteroatoms. The molecule has 5 nitrogen and oxygen atoms in total. The van der Waals surface area contributed by atoms with Crippen molar-refractivity contribution in [2.75, 3.05) is 18.1 Å². The molecule has 0 radical (unpaired) electrons. The molecule has 0 saturated carbocycles. The van der Waals surface area contributed by atoms with Crippen molar-refractivity contribution in [1.82, 2.24) is 4.31 Å². The van der Waals surface area contributed by atoms with E-state index < -0.39 is 10.0 Å². The highest BCUT2D eigenvalue weighted by Crippen LogP contribution is 2.15. The molecular formula is C18H22N2O3S.